The largest absolute Gasteiger partial charge is 0.395 e. The average Bonchev–Trinajstić information content (AvgIpc) is 2.87. The van der Waals surface area contributed by atoms with Gasteiger partial charge in [-0.1, -0.05) is 38.1 Å². The molecule has 2 amide bonds. The number of benzene rings is 1. The maximum atomic E-state index is 12.6. The molecule has 1 aliphatic rings. The van der Waals surface area contributed by atoms with Crippen molar-refractivity contribution in [2.45, 2.75) is 52.1 Å². The summed E-state index contributed by atoms with van der Waals surface area (Å²) in [7, 11) is 0. The van der Waals surface area contributed by atoms with E-state index in [1.807, 2.05) is 19.1 Å². The van der Waals surface area contributed by atoms with Gasteiger partial charge in [0.05, 0.1) is 12.6 Å². The van der Waals surface area contributed by atoms with Gasteiger partial charge in [0.2, 0.25) is 0 Å². The van der Waals surface area contributed by atoms with Crippen LogP contribution in [-0.4, -0.2) is 35.2 Å². The van der Waals surface area contributed by atoms with Crippen LogP contribution in [0.4, 0.5) is 4.79 Å². The highest BCUT2D eigenvalue weighted by Crippen LogP contribution is 2.35. The molecule has 4 heteroatoms. The second-order valence-electron chi connectivity index (χ2n) is 6.65. The van der Waals surface area contributed by atoms with Crippen molar-refractivity contribution in [3.05, 3.63) is 35.4 Å². The van der Waals surface area contributed by atoms with Gasteiger partial charge in [-0.15, -0.1) is 0 Å². The molecule has 0 aromatic heterocycles. The second kappa shape index (κ2) is 7.63. The Morgan fingerprint density at radius 2 is 2.09 bits per heavy atom. The smallest absolute Gasteiger partial charge is 0.318 e. The van der Waals surface area contributed by atoms with E-state index >= 15 is 0 Å². The number of aliphatic hydroxyl groups excluding tert-OH is 1. The van der Waals surface area contributed by atoms with Crippen LogP contribution >= 0.6 is 0 Å². The molecule has 0 aliphatic heterocycles. The average molecular weight is 304 g/mol. The minimum atomic E-state index is -0.0658. The van der Waals surface area contributed by atoms with Gasteiger partial charge in [-0.05, 0) is 43.2 Å². The Hall–Kier alpha value is -1.55. The Morgan fingerprint density at radius 3 is 2.77 bits per heavy atom. The molecule has 0 radical (unpaired) electrons. The zero-order valence-electron chi connectivity index (χ0n) is 13.9. The molecular weight excluding hydrogens is 276 g/mol. The second-order valence-corrected chi connectivity index (χ2v) is 6.65. The number of aliphatic hydroxyl groups is 1. The van der Waals surface area contributed by atoms with E-state index in [4.69, 9.17) is 0 Å². The summed E-state index contributed by atoms with van der Waals surface area (Å²) in [4.78, 5) is 14.4. The molecule has 4 nitrogen and oxygen atoms in total. The van der Waals surface area contributed by atoms with E-state index in [0.29, 0.717) is 12.5 Å². The molecule has 2 rings (SSSR count). The third kappa shape index (κ3) is 4.01. The van der Waals surface area contributed by atoms with Gasteiger partial charge < -0.3 is 15.3 Å². The SMILES string of the molecule is CC(C)CC(C)NC(=O)N(CCO)C1CCc2ccccc21. The number of aryl methyl sites for hydroxylation is 1. The fourth-order valence-electron chi connectivity index (χ4n) is 3.42. The van der Waals surface area contributed by atoms with Crippen molar-refractivity contribution >= 4 is 6.03 Å². The van der Waals surface area contributed by atoms with Crippen LogP contribution < -0.4 is 5.32 Å². The highest BCUT2D eigenvalue weighted by Gasteiger charge is 2.30. The van der Waals surface area contributed by atoms with Crippen molar-refractivity contribution in [1.29, 1.82) is 0 Å². The summed E-state index contributed by atoms with van der Waals surface area (Å²) in [5.41, 5.74) is 2.54. The summed E-state index contributed by atoms with van der Waals surface area (Å²) in [6, 6.07) is 8.45. The molecule has 0 heterocycles. The zero-order valence-corrected chi connectivity index (χ0v) is 13.9. The van der Waals surface area contributed by atoms with Crippen molar-refractivity contribution in [3.8, 4) is 0 Å². The summed E-state index contributed by atoms with van der Waals surface area (Å²) in [5, 5.41) is 12.4. The molecule has 1 aromatic carbocycles. The minimum Gasteiger partial charge on any atom is -0.395 e. The summed E-state index contributed by atoms with van der Waals surface area (Å²) < 4.78 is 0. The Kier molecular flexibility index (Phi) is 5.83. The molecular formula is C18H28N2O2. The number of fused-ring (bicyclic) bond motifs is 1. The first-order chi connectivity index (χ1) is 10.5. The molecule has 22 heavy (non-hydrogen) atoms. The molecule has 1 aliphatic carbocycles. The van der Waals surface area contributed by atoms with Crippen molar-refractivity contribution in [2.75, 3.05) is 13.2 Å². The zero-order chi connectivity index (χ0) is 16.1. The fraction of sp³-hybridized carbons (Fsp3) is 0.611. The van der Waals surface area contributed by atoms with Gasteiger partial charge in [0.15, 0.2) is 0 Å². The third-order valence-electron chi connectivity index (χ3n) is 4.27. The Labute approximate surface area is 133 Å². The van der Waals surface area contributed by atoms with E-state index in [-0.39, 0.29) is 24.7 Å². The number of carbonyl (C=O) groups is 1. The normalized spacial score (nSPS) is 18.1. The van der Waals surface area contributed by atoms with E-state index in [1.54, 1.807) is 4.90 Å². The molecule has 0 fully saturated rings. The monoisotopic (exact) mass is 304 g/mol. The van der Waals surface area contributed by atoms with Crippen LogP contribution in [0, 0.1) is 5.92 Å². The molecule has 2 unspecified atom stereocenters. The maximum Gasteiger partial charge on any atom is 0.318 e. The summed E-state index contributed by atoms with van der Waals surface area (Å²) in [6.45, 7) is 6.71. The van der Waals surface area contributed by atoms with Crippen LogP contribution in [-0.2, 0) is 6.42 Å². The number of nitrogens with one attached hydrogen (secondary N) is 1. The first-order valence-electron chi connectivity index (χ1n) is 8.28. The van der Waals surface area contributed by atoms with E-state index in [9.17, 15) is 9.90 Å². The highest BCUT2D eigenvalue weighted by atomic mass is 16.3. The number of hydrogen-bond donors (Lipinski definition) is 2. The lowest BCUT2D eigenvalue weighted by atomic mass is 10.1. The van der Waals surface area contributed by atoms with Crippen LogP contribution in [0.1, 0.15) is 50.8 Å². The van der Waals surface area contributed by atoms with Gasteiger partial charge in [0.25, 0.3) is 0 Å². The standard InChI is InChI=1S/C18H28N2O2/c1-13(2)12-14(3)19-18(22)20(10-11-21)17-9-8-15-6-4-5-7-16(15)17/h4-7,13-14,17,21H,8-12H2,1-3H3,(H,19,22). The van der Waals surface area contributed by atoms with Crippen LogP contribution in [0.2, 0.25) is 0 Å². The van der Waals surface area contributed by atoms with Crippen LogP contribution in [0.5, 0.6) is 0 Å². The van der Waals surface area contributed by atoms with Gasteiger partial charge in [-0.2, -0.15) is 0 Å². The molecule has 0 saturated carbocycles. The molecule has 2 N–H and O–H groups in total. The highest BCUT2D eigenvalue weighted by molar-refractivity contribution is 5.75. The lowest BCUT2D eigenvalue weighted by molar-refractivity contribution is 0.148. The van der Waals surface area contributed by atoms with E-state index < -0.39 is 0 Å². The first-order valence-corrected chi connectivity index (χ1v) is 8.28. The molecule has 0 saturated heterocycles. The van der Waals surface area contributed by atoms with Crippen molar-refractivity contribution in [2.24, 2.45) is 5.92 Å². The van der Waals surface area contributed by atoms with E-state index in [1.165, 1.54) is 11.1 Å². The van der Waals surface area contributed by atoms with Gasteiger partial charge in [0.1, 0.15) is 0 Å². The maximum absolute atomic E-state index is 12.6. The van der Waals surface area contributed by atoms with E-state index in [2.05, 4.69) is 31.3 Å². The first kappa shape index (κ1) is 16.8. The number of carbonyl (C=O) groups excluding carboxylic acids is 1. The van der Waals surface area contributed by atoms with Crippen molar-refractivity contribution < 1.29 is 9.90 Å². The number of urea groups is 1. The number of hydrogen-bond acceptors (Lipinski definition) is 2. The molecule has 0 spiro atoms. The van der Waals surface area contributed by atoms with Gasteiger partial charge in [-0.3, -0.25) is 0 Å². The molecule has 1 aromatic rings. The van der Waals surface area contributed by atoms with E-state index in [0.717, 1.165) is 19.3 Å². The molecule has 2 atom stereocenters. The Bertz CT molecular complexity index is 502. The van der Waals surface area contributed by atoms with Crippen molar-refractivity contribution in [1.82, 2.24) is 10.2 Å². The summed E-state index contributed by atoms with van der Waals surface area (Å²) in [5.74, 6) is 0.550. The molecule has 122 valence electrons. The Balaban J connectivity index is 2.08. The predicted molar refractivity (Wildman–Crippen MR) is 88.7 cm³/mol. The Morgan fingerprint density at radius 1 is 1.36 bits per heavy atom. The minimum absolute atomic E-state index is 0.00928. The quantitative estimate of drug-likeness (QED) is 0.848. The predicted octanol–water partition coefficient (Wildman–Crippen LogP) is 3.11. The number of amides is 2. The van der Waals surface area contributed by atoms with Crippen LogP contribution in [0.25, 0.3) is 0 Å². The topological polar surface area (TPSA) is 52.6 Å². The van der Waals surface area contributed by atoms with Crippen molar-refractivity contribution in [3.63, 3.8) is 0 Å². The molecule has 0 bridgehead atoms. The van der Waals surface area contributed by atoms with Gasteiger partial charge >= 0.3 is 6.03 Å². The van der Waals surface area contributed by atoms with Crippen LogP contribution in [0.3, 0.4) is 0 Å². The third-order valence-corrected chi connectivity index (χ3v) is 4.27. The number of rotatable bonds is 6. The van der Waals surface area contributed by atoms with Gasteiger partial charge in [0, 0.05) is 12.6 Å². The summed E-state index contributed by atoms with van der Waals surface area (Å²) >= 11 is 0. The van der Waals surface area contributed by atoms with Crippen LogP contribution in [0.15, 0.2) is 24.3 Å². The lowest BCUT2D eigenvalue weighted by Crippen LogP contribution is -2.46. The summed E-state index contributed by atoms with van der Waals surface area (Å²) in [6.07, 6.45) is 2.89. The fourth-order valence-corrected chi connectivity index (χ4v) is 3.42. The van der Waals surface area contributed by atoms with Gasteiger partial charge in [-0.25, -0.2) is 4.79 Å². The lowest BCUT2D eigenvalue weighted by Gasteiger charge is -2.31. The number of nitrogens with zero attached hydrogens (tertiary/aromatic N) is 1.